The first kappa shape index (κ1) is 10.4. The van der Waals surface area contributed by atoms with Crippen LogP contribution in [0, 0.1) is 0 Å². The van der Waals surface area contributed by atoms with Gasteiger partial charge in [-0.05, 0) is 25.3 Å². The van der Waals surface area contributed by atoms with Crippen molar-refractivity contribution in [3.05, 3.63) is 35.4 Å². The predicted octanol–water partition coefficient (Wildman–Crippen LogP) is 1.07. The van der Waals surface area contributed by atoms with E-state index in [9.17, 15) is 4.79 Å². The van der Waals surface area contributed by atoms with Gasteiger partial charge in [0.1, 0.15) is 12.8 Å². The fourth-order valence-electron chi connectivity index (χ4n) is 2.29. The van der Waals surface area contributed by atoms with Crippen LogP contribution in [-0.4, -0.2) is 19.4 Å². The van der Waals surface area contributed by atoms with Gasteiger partial charge >= 0.3 is 0 Å². The van der Waals surface area contributed by atoms with E-state index in [1.165, 1.54) is 37.9 Å². The third-order valence-electron chi connectivity index (χ3n) is 3.10. The molecule has 1 aromatic carbocycles. The maximum atomic E-state index is 10.6. The zero-order chi connectivity index (χ0) is 10.5. The summed E-state index contributed by atoms with van der Waals surface area (Å²) in [6.07, 6.45) is 5.01. The molecule has 1 saturated heterocycles. The highest BCUT2D eigenvalue weighted by atomic mass is 16.1. The Morgan fingerprint density at radius 2 is 2.00 bits per heavy atom. The number of likely N-dealkylation sites (tertiary alicyclic amines) is 1. The first-order valence-electron chi connectivity index (χ1n) is 5.76. The van der Waals surface area contributed by atoms with E-state index in [0.29, 0.717) is 0 Å². The van der Waals surface area contributed by atoms with Gasteiger partial charge in [-0.15, -0.1) is 0 Å². The Morgan fingerprint density at radius 1 is 1.20 bits per heavy atom. The minimum atomic E-state index is 0.795. The highest BCUT2D eigenvalue weighted by Gasteiger charge is 2.13. The third-order valence-corrected chi connectivity index (χ3v) is 3.10. The summed E-state index contributed by atoms with van der Waals surface area (Å²) in [5, 5.41) is 0. The zero-order valence-electron chi connectivity index (χ0n) is 9.04. The molecule has 1 aliphatic heterocycles. The topological polar surface area (TPSA) is 21.5 Å². The molecule has 0 radical (unpaired) electrons. The molecular weight excluding hydrogens is 186 g/mol. The molecule has 0 atom stereocenters. The molecule has 2 rings (SSSR count). The molecule has 0 aromatic heterocycles. The van der Waals surface area contributed by atoms with E-state index in [0.717, 1.165) is 18.4 Å². The van der Waals surface area contributed by atoms with Gasteiger partial charge in [0.2, 0.25) is 0 Å². The Hall–Kier alpha value is -1.15. The summed E-state index contributed by atoms with van der Waals surface area (Å²) in [5.74, 6) is 0. The van der Waals surface area contributed by atoms with Crippen LogP contribution >= 0.6 is 0 Å². The Kier molecular flexibility index (Phi) is 3.51. The second-order valence-electron chi connectivity index (χ2n) is 4.35. The van der Waals surface area contributed by atoms with Crippen LogP contribution in [0.25, 0.3) is 0 Å². The Morgan fingerprint density at radius 3 is 2.73 bits per heavy atom. The number of benzene rings is 1. The van der Waals surface area contributed by atoms with Crippen LogP contribution in [0.3, 0.4) is 0 Å². The lowest BCUT2D eigenvalue weighted by Gasteiger charge is -2.23. The van der Waals surface area contributed by atoms with Crippen LogP contribution in [-0.2, 0) is 6.54 Å². The number of hydrogen-bond acceptors (Lipinski definition) is 1. The molecule has 0 amide bonds. The minimum Gasteiger partial charge on any atom is -0.331 e. The number of quaternary nitrogens is 1. The third kappa shape index (κ3) is 2.90. The van der Waals surface area contributed by atoms with Crippen molar-refractivity contribution in [2.75, 3.05) is 13.1 Å². The van der Waals surface area contributed by atoms with Gasteiger partial charge in [-0.25, -0.2) is 0 Å². The van der Waals surface area contributed by atoms with Crippen LogP contribution in [0.15, 0.2) is 24.3 Å². The van der Waals surface area contributed by atoms with Crippen molar-refractivity contribution in [1.29, 1.82) is 0 Å². The van der Waals surface area contributed by atoms with Crippen molar-refractivity contribution in [3.8, 4) is 0 Å². The smallest absolute Gasteiger partial charge is 0.150 e. The number of carbonyl (C=O) groups is 1. The zero-order valence-corrected chi connectivity index (χ0v) is 9.04. The molecule has 0 saturated carbocycles. The minimum absolute atomic E-state index is 0.795. The lowest BCUT2D eigenvalue weighted by Crippen LogP contribution is -3.11. The van der Waals surface area contributed by atoms with Crippen LogP contribution in [0.2, 0.25) is 0 Å². The number of aldehydes is 1. The summed E-state index contributed by atoms with van der Waals surface area (Å²) in [4.78, 5) is 12.3. The average molecular weight is 204 g/mol. The molecule has 0 unspecified atom stereocenters. The summed E-state index contributed by atoms with van der Waals surface area (Å²) < 4.78 is 0. The molecule has 2 heteroatoms. The molecule has 80 valence electrons. The molecule has 1 aliphatic rings. The first-order valence-corrected chi connectivity index (χ1v) is 5.76. The second kappa shape index (κ2) is 5.08. The SMILES string of the molecule is O=Cc1cccc(C[NH+]2CCCCC2)c1. The largest absolute Gasteiger partial charge is 0.331 e. The summed E-state index contributed by atoms with van der Waals surface area (Å²) in [6.45, 7) is 3.64. The van der Waals surface area contributed by atoms with Crippen molar-refractivity contribution in [2.45, 2.75) is 25.8 Å². The van der Waals surface area contributed by atoms with Crippen LogP contribution in [0.4, 0.5) is 0 Å². The predicted molar refractivity (Wildman–Crippen MR) is 60.1 cm³/mol. The van der Waals surface area contributed by atoms with Gasteiger partial charge in [-0.1, -0.05) is 18.2 Å². The van der Waals surface area contributed by atoms with Crippen molar-refractivity contribution >= 4 is 6.29 Å². The van der Waals surface area contributed by atoms with E-state index in [4.69, 9.17) is 0 Å². The molecule has 1 heterocycles. The molecule has 1 fully saturated rings. The Balaban J connectivity index is 1.99. The Labute approximate surface area is 90.9 Å². The van der Waals surface area contributed by atoms with Gasteiger partial charge in [0, 0.05) is 11.1 Å². The van der Waals surface area contributed by atoms with E-state index in [-0.39, 0.29) is 0 Å². The van der Waals surface area contributed by atoms with Gasteiger partial charge in [0.15, 0.2) is 0 Å². The lowest BCUT2D eigenvalue weighted by atomic mass is 10.1. The van der Waals surface area contributed by atoms with Gasteiger partial charge in [0.25, 0.3) is 0 Å². The van der Waals surface area contributed by atoms with E-state index < -0.39 is 0 Å². The summed E-state index contributed by atoms with van der Waals surface area (Å²) >= 11 is 0. The molecule has 1 N–H and O–H groups in total. The maximum Gasteiger partial charge on any atom is 0.150 e. The fourth-order valence-corrected chi connectivity index (χ4v) is 2.29. The highest BCUT2D eigenvalue weighted by Crippen LogP contribution is 2.03. The fraction of sp³-hybridized carbons (Fsp3) is 0.462. The van der Waals surface area contributed by atoms with Gasteiger partial charge in [-0.2, -0.15) is 0 Å². The van der Waals surface area contributed by atoms with E-state index in [2.05, 4.69) is 6.07 Å². The van der Waals surface area contributed by atoms with Crippen molar-refractivity contribution in [1.82, 2.24) is 0 Å². The quantitative estimate of drug-likeness (QED) is 0.731. The second-order valence-corrected chi connectivity index (χ2v) is 4.35. The first-order chi connectivity index (χ1) is 7.38. The van der Waals surface area contributed by atoms with Gasteiger partial charge in [0.05, 0.1) is 13.1 Å². The van der Waals surface area contributed by atoms with Crippen molar-refractivity contribution < 1.29 is 9.69 Å². The van der Waals surface area contributed by atoms with Gasteiger partial charge < -0.3 is 4.90 Å². The number of carbonyl (C=O) groups excluding carboxylic acids is 1. The van der Waals surface area contributed by atoms with Crippen molar-refractivity contribution in [3.63, 3.8) is 0 Å². The van der Waals surface area contributed by atoms with Crippen LogP contribution in [0.1, 0.15) is 35.2 Å². The summed E-state index contributed by atoms with van der Waals surface area (Å²) in [6, 6.07) is 7.97. The molecule has 0 bridgehead atoms. The molecular formula is C13H18NO+. The van der Waals surface area contributed by atoms with E-state index in [1.807, 2.05) is 18.2 Å². The number of hydrogen-bond donors (Lipinski definition) is 1. The number of nitrogens with one attached hydrogen (secondary N) is 1. The molecule has 15 heavy (non-hydrogen) atoms. The van der Waals surface area contributed by atoms with Crippen LogP contribution in [0.5, 0.6) is 0 Å². The summed E-state index contributed by atoms with van der Waals surface area (Å²) in [5.41, 5.74) is 2.08. The van der Waals surface area contributed by atoms with Crippen molar-refractivity contribution in [2.24, 2.45) is 0 Å². The highest BCUT2D eigenvalue weighted by molar-refractivity contribution is 5.74. The van der Waals surface area contributed by atoms with E-state index >= 15 is 0 Å². The standard InChI is InChI=1S/C13H17NO/c15-11-13-6-4-5-12(9-13)10-14-7-2-1-3-8-14/h4-6,9,11H,1-3,7-8,10H2/p+1. The number of piperidine rings is 1. The number of rotatable bonds is 3. The van der Waals surface area contributed by atoms with Crippen LogP contribution < -0.4 is 4.90 Å². The maximum absolute atomic E-state index is 10.6. The molecule has 0 spiro atoms. The van der Waals surface area contributed by atoms with E-state index in [1.54, 1.807) is 4.90 Å². The molecule has 1 aromatic rings. The summed E-state index contributed by atoms with van der Waals surface area (Å²) in [7, 11) is 0. The normalized spacial score (nSPS) is 17.6. The lowest BCUT2D eigenvalue weighted by molar-refractivity contribution is -0.918. The Bertz CT molecular complexity index is 329. The molecule has 0 aliphatic carbocycles. The average Bonchev–Trinajstić information content (AvgIpc) is 2.31. The monoisotopic (exact) mass is 204 g/mol. The molecule has 2 nitrogen and oxygen atoms in total. The van der Waals surface area contributed by atoms with Gasteiger partial charge in [-0.3, -0.25) is 4.79 Å².